The number of H-pyrrole nitrogens is 1. The molecule has 0 unspecified atom stereocenters. The molecule has 0 aliphatic heterocycles. The van der Waals surface area contributed by atoms with Crippen LogP contribution in [0.1, 0.15) is 5.69 Å². The third-order valence-corrected chi connectivity index (χ3v) is 2.23. The van der Waals surface area contributed by atoms with Crippen LogP contribution in [0, 0.1) is 5.82 Å². The summed E-state index contributed by atoms with van der Waals surface area (Å²) in [5.74, 6) is -0.749. The molecule has 0 aliphatic carbocycles. The van der Waals surface area contributed by atoms with Crippen LogP contribution in [0.2, 0.25) is 0 Å². The van der Waals surface area contributed by atoms with Crippen molar-refractivity contribution in [3.63, 3.8) is 0 Å². The average molecular weight is 249 g/mol. The Bertz CT molecular complexity index is 514. The van der Waals surface area contributed by atoms with Crippen LogP contribution in [0.25, 0.3) is 0 Å². The first-order valence-corrected chi connectivity index (χ1v) is 5.38. The highest BCUT2D eigenvalue weighted by Crippen LogP contribution is 2.14. The van der Waals surface area contributed by atoms with Gasteiger partial charge in [-0.25, -0.2) is 4.39 Å². The third kappa shape index (κ3) is 3.31. The smallest absolute Gasteiger partial charge is 0.258 e. The van der Waals surface area contributed by atoms with Crippen molar-refractivity contribution in [2.45, 2.75) is 6.54 Å². The van der Waals surface area contributed by atoms with Crippen molar-refractivity contribution in [3.05, 3.63) is 48.0 Å². The standard InChI is InChI=1S/C12H12FN3O2/c13-10-3-1-2-4-11(10)18-8-12(17)14-7-9-5-6-15-16-9/h1-6H,7-8H2,(H,14,17)(H,15,16). The third-order valence-electron chi connectivity index (χ3n) is 2.23. The first-order valence-electron chi connectivity index (χ1n) is 5.38. The topological polar surface area (TPSA) is 67.0 Å². The average Bonchev–Trinajstić information content (AvgIpc) is 2.88. The number of rotatable bonds is 5. The van der Waals surface area contributed by atoms with E-state index >= 15 is 0 Å². The minimum Gasteiger partial charge on any atom is -0.481 e. The van der Waals surface area contributed by atoms with Gasteiger partial charge in [0.05, 0.1) is 12.2 Å². The predicted molar refractivity (Wildman–Crippen MR) is 62.3 cm³/mol. The second kappa shape index (κ2) is 5.81. The number of benzene rings is 1. The zero-order valence-corrected chi connectivity index (χ0v) is 9.52. The number of hydrogen-bond donors (Lipinski definition) is 2. The van der Waals surface area contributed by atoms with Crippen LogP contribution in [0.15, 0.2) is 36.5 Å². The fraction of sp³-hybridized carbons (Fsp3) is 0.167. The van der Waals surface area contributed by atoms with E-state index in [0.29, 0.717) is 6.54 Å². The lowest BCUT2D eigenvalue weighted by Gasteiger charge is -2.07. The molecular formula is C12H12FN3O2. The molecule has 2 N–H and O–H groups in total. The van der Waals surface area contributed by atoms with Crippen molar-refractivity contribution >= 4 is 5.91 Å². The van der Waals surface area contributed by atoms with Crippen LogP contribution in [-0.4, -0.2) is 22.7 Å². The Balaban J connectivity index is 1.77. The molecule has 1 amide bonds. The molecule has 1 heterocycles. The summed E-state index contributed by atoms with van der Waals surface area (Å²) >= 11 is 0. The number of carbonyl (C=O) groups is 1. The summed E-state index contributed by atoms with van der Waals surface area (Å²) < 4.78 is 18.2. The zero-order chi connectivity index (χ0) is 12.8. The van der Waals surface area contributed by atoms with Crippen LogP contribution in [-0.2, 0) is 11.3 Å². The predicted octanol–water partition coefficient (Wildman–Crippen LogP) is 1.24. The van der Waals surface area contributed by atoms with Crippen molar-refractivity contribution < 1.29 is 13.9 Å². The van der Waals surface area contributed by atoms with E-state index in [9.17, 15) is 9.18 Å². The van der Waals surface area contributed by atoms with Crippen LogP contribution >= 0.6 is 0 Å². The number of amides is 1. The number of aromatic nitrogens is 2. The van der Waals surface area contributed by atoms with Gasteiger partial charge in [0.2, 0.25) is 0 Å². The van der Waals surface area contributed by atoms with Gasteiger partial charge in [0.25, 0.3) is 5.91 Å². The number of aromatic amines is 1. The lowest BCUT2D eigenvalue weighted by Crippen LogP contribution is -2.28. The van der Waals surface area contributed by atoms with Gasteiger partial charge in [0.1, 0.15) is 0 Å². The summed E-state index contributed by atoms with van der Waals surface area (Å²) in [7, 11) is 0. The summed E-state index contributed by atoms with van der Waals surface area (Å²) in [4.78, 5) is 11.4. The molecule has 2 rings (SSSR count). The molecular weight excluding hydrogens is 237 g/mol. The van der Waals surface area contributed by atoms with E-state index in [0.717, 1.165) is 5.69 Å². The van der Waals surface area contributed by atoms with Gasteiger partial charge in [-0.2, -0.15) is 5.10 Å². The highest BCUT2D eigenvalue weighted by Gasteiger charge is 2.06. The monoisotopic (exact) mass is 249 g/mol. The molecule has 1 aromatic carbocycles. The Kier molecular flexibility index (Phi) is 3.90. The number of hydrogen-bond acceptors (Lipinski definition) is 3. The Morgan fingerprint density at radius 3 is 2.94 bits per heavy atom. The van der Waals surface area contributed by atoms with Crippen molar-refractivity contribution in [2.24, 2.45) is 0 Å². The second-order valence-electron chi connectivity index (χ2n) is 3.58. The van der Waals surface area contributed by atoms with Gasteiger partial charge < -0.3 is 10.1 Å². The van der Waals surface area contributed by atoms with Gasteiger partial charge in [0, 0.05) is 6.20 Å². The Morgan fingerprint density at radius 1 is 1.39 bits per heavy atom. The van der Waals surface area contributed by atoms with Gasteiger partial charge in [-0.05, 0) is 18.2 Å². The molecule has 0 saturated heterocycles. The summed E-state index contributed by atoms with van der Waals surface area (Å²) in [6, 6.07) is 7.69. The first-order chi connectivity index (χ1) is 8.75. The Hall–Kier alpha value is -2.37. The lowest BCUT2D eigenvalue weighted by atomic mass is 10.3. The quantitative estimate of drug-likeness (QED) is 0.837. The minimum absolute atomic E-state index is 0.0641. The normalized spacial score (nSPS) is 10.1. The van der Waals surface area contributed by atoms with Crippen molar-refractivity contribution in [3.8, 4) is 5.75 Å². The molecule has 1 aromatic heterocycles. The molecule has 0 radical (unpaired) electrons. The van der Waals surface area contributed by atoms with Gasteiger partial charge >= 0.3 is 0 Å². The second-order valence-corrected chi connectivity index (χ2v) is 3.58. The molecule has 0 aliphatic rings. The van der Waals surface area contributed by atoms with Gasteiger partial charge in [0.15, 0.2) is 18.2 Å². The number of carbonyl (C=O) groups excluding carboxylic acids is 1. The number of para-hydroxylation sites is 1. The van der Waals surface area contributed by atoms with E-state index in [1.165, 1.54) is 12.1 Å². The molecule has 0 saturated carbocycles. The maximum atomic E-state index is 13.2. The van der Waals surface area contributed by atoms with Crippen LogP contribution in [0.4, 0.5) is 4.39 Å². The summed E-state index contributed by atoms with van der Waals surface area (Å²) in [5.41, 5.74) is 0.786. The summed E-state index contributed by atoms with van der Waals surface area (Å²) in [5, 5.41) is 9.08. The molecule has 0 atom stereocenters. The SMILES string of the molecule is O=C(COc1ccccc1F)NCc1ccn[nH]1. The maximum Gasteiger partial charge on any atom is 0.258 e. The van der Waals surface area contributed by atoms with E-state index in [1.54, 1.807) is 24.4 Å². The van der Waals surface area contributed by atoms with E-state index in [2.05, 4.69) is 15.5 Å². The van der Waals surface area contributed by atoms with Crippen molar-refractivity contribution in [1.82, 2.24) is 15.5 Å². The number of nitrogens with zero attached hydrogens (tertiary/aromatic N) is 1. The van der Waals surface area contributed by atoms with E-state index in [1.807, 2.05) is 0 Å². The Labute approximate surface area is 103 Å². The van der Waals surface area contributed by atoms with Crippen LogP contribution in [0.5, 0.6) is 5.75 Å². The Morgan fingerprint density at radius 2 is 2.22 bits per heavy atom. The summed E-state index contributed by atoms with van der Waals surface area (Å²) in [6.07, 6.45) is 1.59. The number of halogens is 1. The largest absolute Gasteiger partial charge is 0.481 e. The van der Waals surface area contributed by atoms with E-state index in [4.69, 9.17) is 4.74 Å². The molecule has 0 spiro atoms. The van der Waals surface area contributed by atoms with Crippen molar-refractivity contribution in [2.75, 3.05) is 6.61 Å². The van der Waals surface area contributed by atoms with Crippen LogP contribution in [0.3, 0.4) is 0 Å². The fourth-order valence-corrected chi connectivity index (χ4v) is 1.33. The highest BCUT2D eigenvalue weighted by atomic mass is 19.1. The minimum atomic E-state index is -0.487. The molecule has 94 valence electrons. The first kappa shape index (κ1) is 12.1. The maximum absolute atomic E-state index is 13.2. The van der Waals surface area contributed by atoms with E-state index in [-0.39, 0.29) is 18.3 Å². The van der Waals surface area contributed by atoms with Gasteiger partial charge in [-0.1, -0.05) is 12.1 Å². The van der Waals surface area contributed by atoms with Crippen molar-refractivity contribution in [1.29, 1.82) is 0 Å². The zero-order valence-electron chi connectivity index (χ0n) is 9.52. The van der Waals surface area contributed by atoms with Crippen LogP contribution < -0.4 is 10.1 Å². The molecule has 6 heteroatoms. The fourth-order valence-electron chi connectivity index (χ4n) is 1.33. The summed E-state index contributed by atoms with van der Waals surface area (Å²) in [6.45, 7) is 0.106. The molecule has 0 fully saturated rings. The number of ether oxygens (including phenoxy) is 1. The molecule has 18 heavy (non-hydrogen) atoms. The van der Waals surface area contributed by atoms with Gasteiger partial charge in [-0.3, -0.25) is 9.89 Å². The molecule has 2 aromatic rings. The highest BCUT2D eigenvalue weighted by molar-refractivity contribution is 5.77. The molecule has 0 bridgehead atoms. The molecule has 5 nitrogen and oxygen atoms in total. The lowest BCUT2D eigenvalue weighted by molar-refractivity contribution is -0.123. The number of nitrogens with one attached hydrogen (secondary N) is 2. The van der Waals surface area contributed by atoms with E-state index < -0.39 is 5.82 Å². The van der Waals surface area contributed by atoms with Gasteiger partial charge in [-0.15, -0.1) is 0 Å².